The standard InChI is InChI=1S/C13H26N2O.C12H24N2O.C12H23NO2.2C10H21NO.C9H19NO2.C9H21NO.C8H17NO/c1-13(2,3)12(16)14-8-7-11-15-9-5-4-6-10-15;1-12(2,3)11(15)13-7-10-14-8-5-4-6-9-14;1-12(2,3)11(14)13-7-4-10-5-8-15-9-6-10;1-10(2,3)12-9-8-11-6-4-5-7-11;1-7-10(5,6)11-8(12)9(2,3)4;1-9(2,3)12-8-10-4-6-11-7-5-10;1-9(2,3)11-8-6-7-10(4)5;1-5-6-9-7(10)8(2,3)4/h4-11H2,1-3H3,(H,14,16);4-10H2,1-3H3,(H,13,15);10H,4-9H2,1-3H3,(H,13,14);4-9H2,1-3H3;7H2,1-6H3,(H,11,12);4-8H2,1-3H3;6-8H2,1-5H3;5-6H2,1-4H3,(H,9,10). The zero-order valence-electron chi connectivity index (χ0n) is 73.3. The van der Waals surface area contributed by atoms with Crippen LogP contribution < -0.4 is 26.6 Å². The molecule has 5 fully saturated rings. The van der Waals surface area contributed by atoms with Gasteiger partial charge in [-0.25, -0.2) is 0 Å². The summed E-state index contributed by atoms with van der Waals surface area (Å²) in [6.07, 6.45) is 18.3. The first-order valence-corrected chi connectivity index (χ1v) is 40.3. The maximum atomic E-state index is 11.6. The van der Waals surface area contributed by atoms with Crippen LogP contribution in [-0.2, 0) is 47.7 Å². The highest BCUT2D eigenvalue weighted by Crippen LogP contribution is 2.21. The first kappa shape index (κ1) is 104. The van der Waals surface area contributed by atoms with Crippen molar-refractivity contribution in [3.05, 3.63) is 0 Å². The van der Waals surface area contributed by atoms with Gasteiger partial charge in [0.25, 0.3) is 0 Å². The number of carbonyl (C=O) groups is 5. The molecule has 0 bridgehead atoms. The van der Waals surface area contributed by atoms with E-state index in [4.69, 9.17) is 23.7 Å². The normalized spacial score (nSPS) is 17.1. The number of morpholine rings is 1. The largest absolute Gasteiger partial charge is 0.381 e. The van der Waals surface area contributed by atoms with Crippen molar-refractivity contribution >= 4 is 29.5 Å². The van der Waals surface area contributed by atoms with Crippen molar-refractivity contribution in [3.8, 4) is 0 Å². The van der Waals surface area contributed by atoms with Crippen LogP contribution in [0.5, 0.6) is 0 Å². The van der Waals surface area contributed by atoms with Gasteiger partial charge >= 0.3 is 0 Å². The molecule has 0 aliphatic carbocycles. The van der Waals surface area contributed by atoms with E-state index < -0.39 is 0 Å². The van der Waals surface area contributed by atoms with Gasteiger partial charge in [-0.15, -0.1) is 0 Å². The van der Waals surface area contributed by atoms with Gasteiger partial charge in [0.15, 0.2) is 0 Å². The van der Waals surface area contributed by atoms with Crippen LogP contribution in [0.2, 0.25) is 0 Å². The minimum atomic E-state index is -0.285. The van der Waals surface area contributed by atoms with Crippen LogP contribution in [0.25, 0.3) is 0 Å². The SMILES string of the molecule is CC(C)(C)C(=O)NCCC1CCOCC1.CC(C)(C)C(=O)NCCCN1CCCCC1.CC(C)(C)C(=O)NCCN1CCCCC1.CC(C)(C)OCCN1CCCC1.CC(C)(C)OCN1CCOCC1.CCC(C)(C)NC(=O)C(C)(C)C.CCCNC(=O)C(C)(C)C.CN(C)CCCOC(C)(C)C. The lowest BCUT2D eigenvalue weighted by Gasteiger charge is -2.29. The number of nitrogens with zero attached hydrogens (tertiary/aromatic N) is 5. The molecule has 5 aliphatic heterocycles. The molecule has 103 heavy (non-hydrogen) atoms. The van der Waals surface area contributed by atoms with Gasteiger partial charge in [0, 0.05) is 105 Å². The van der Waals surface area contributed by atoms with Crippen LogP contribution in [0.15, 0.2) is 0 Å². The first-order valence-electron chi connectivity index (χ1n) is 40.3. The van der Waals surface area contributed by atoms with Gasteiger partial charge in [-0.1, -0.05) is 131 Å². The molecule has 20 nitrogen and oxygen atoms in total. The topological polar surface area (TPSA) is 208 Å². The number of hydrogen-bond donors (Lipinski definition) is 5. The van der Waals surface area contributed by atoms with Gasteiger partial charge in [-0.05, 0) is 232 Å². The molecule has 5 heterocycles. The Hall–Kier alpha value is -3.05. The zero-order valence-corrected chi connectivity index (χ0v) is 73.3. The highest BCUT2D eigenvalue weighted by atomic mass is 16.5. The van der Waals surface area contributed by atoms with E-state index >= 15 is 0 Å². The highest BCUT2D eigenvalue weighted by Gasteiger charge is 2.28. The van der Waals surface area contributed by atoms with E-state index in [1.807, 2.05) is 125 Å². The maximum Gasteiger partial charge on any atom is 0.225 e. The molecule has 0 aromatic rings. The lowest BCUT2D eigenvalue weighted by molar-refractivity contribution is -0.130. The molecule has 5 N–H and O–H groups in total. The highest BCUT2D eigenvalue weighted by molar-refractivity contribution is 5.83. The summed E-state index contributed by atoms with van der Waals surface area (Å²) in [5, 5.41) is 14.8. The van der Waals surface area contributed by atoms with E-state index in [9.17, 15) is 24.0 Å². The number of hydrogen-bond acceptors (Lipinski definition) is 15. The van der Waals surface area contributed by atoms with Gasteiger partial charge < -0.3 is 69.9 Å². The molecular formula is C83H172N10O10. The Kier molecular flexibility index (Phi) is 55.1. The second-order valence-corrected chi connectivity index (χ2v) is 37.7. The average molecular weight is 1470 g/mol. The van der Waals surface area contributed by atoms with Gasteiger partial charge in [-0.3, -0.25) is 28.9 Å². The Morgan fingerprint density at radius 2 is 0.748 bits per heavy atom. The van der Waals surface area contributed by atoms with Crippen LogP contribution >= 0.6 is 0 Å². The molecule has 5 aliphatic rings. The van der Waals surface area contributed by atoms with Gasteiger partial charge in [-0.2, -0.15) is 0 Å². The minimum absolute atomic E-state index is 0.0202. The number of amides is 5. The summed E-state index contributed by atoms with van der Waals surface area (Å²) in [7, 11) is 4.16. The fraction of sp³-hybridized carbons (Fsp3) is 0.940. The Bertz CT molecular complexity index is 2080. The second kappa shape index (κ2) is 54.5. The third-order valence-corrected chi connectivity index (χ3v) is 17.2. The van der Waals surface area contributed by atoms with Crippen LogP contribution in [-0.4, -0.2) is 242 Å². The summed E-state index contributed by atoms with van der Waals surface area (Å²) in [5.41, 5.74) is -1.38. The Labute approximate surface area is 636 Å². The maximum absolute atomic E-state index is 11.6. The third-order valence-electron chi connectivity index (χ3n) is 17.2. The second-order valence-electron chi connectivity index (χ2n) is 37.7. The number of rotatable bonds is 23. The molecular weight excluding hydrogens is 1300 g/mol. The van der Waals surface area contributed by atoms with Crippen molar-refractivity contribution < 1.29 is 47.7 Å². The minimum Gasteiger partial charge on any atom is -0.381 e. The molecule has 614 valence electrons. The van der Waals surface area contributed by atoms with Crippen molar-refractivity contribution in [2.45, 2.75) is 313 Å². The Morgan fingerprint density at radius 1 is 0.388 bits per heavy atom. The van der Waals surface area contributed by atoms with Crippen molar-refractivity contribution in [1.82, 2.24) is 51.1 Å². The molecule has 0 saturated carbocycles. The van der Waals surface area contributed by atoms with E-state index in [-0.39, 0.29) is 79.0 Å². The molecule has 0 atom stereocenters. The molecule has 5 saturated heterocycles. The number of likely N-dealkylation sites (tertiary alicyclic amines) is 3. The van der Waals surface area contributed by atoms with Crippen molar-refractivity contribution in [1.29, 1.82) is 0 Å². The molecule has 0 unspecified atom stereocenters. The fourth-order valence-corrected chi connectivity index (χ4v) is 9.77. The summed E-state index contributed by atoms with van der Waals surface area (Å²) in [5.74, 6) is 1.45. The number of ether oxygens (including phenoxy) is 5. The summed E-state index contributed by atoms with van der Waals surface area (Å²) < 4.78 is 27.4. The third kappa shape index (κ3) is 66.9. The van der Waals surface area contributed by atoms with Gasteiger partial charge in [0.2, 0.25) is 29.5 Å². The smallest absolute Gasteiger partial charge is 0.225 e. The van der Waals surface area contributed by atoms with E-state index in [2.05, 4.69) is 134 Å². The van der Waals surface area contributed by atoms with Crippen LogP contribution in [0.4, 0.5) is 0 Å². The Balaban J connectivity index is -0.00000111. The predicted molar refractivity (Wildman–Crippen MR) is 434 cm³/mol. The summed E-state index contributed by atoms with van der Waals surface area (Å²) in [4.78, 5) is 69.2. The molecule has 5 amide bonds. The summed E-state index contributed by atoms with van der Waals surface area (Å²) >= 11 is 0. The molecule has 0 spiro atoms. The molecule has 5 rings (SSSR count). The van der Waals surface area contributed by atoms with E-state index in [0.717, 1.165) is 163 Å². The Morgan fingerprint density at radius 3 is 1.14 bits per heavy atom. The van der Waals surface area contributed by atoms with Crippen molar-refractivity contribution in [3.63, 3.8) is 0 Å². The monoisotopic (exact) mass is 1470 g/mol. The fourth-order valence-electron chi connectivity index (χ4n) is 9.77. The average Bonchev–Trinajstić information content (AvgIpc) is 1.61. The molecule has 20 heteroatoms. The lowest BCUT2D eigenvalue weighted by atomic mass is 9.92. The first-order chi connectivity index (χ1) is 47.2. The van der Waals surface area contributed by atoms with Gasteiger partial charge in [0.05, 0.1) is 43.4 Å². The van der Waals surface area contributed by atoms with E-state index in [0.29, 0.717) is 0 Å². The zero-order chi connectivity index (χ0) is 79.8. The predicted octanol–water partition coefficient (Wildman–Crippen LogP) is 14.3. The van der Waals surface area contributed by atoms with Crippen LogP contribution in [0.1, 0.15) is 290 Å². The number of nitrogens with one attached hydrogen (secondary N) is 5. The molecule has 0 aromatic carbocycles. The summed E-state index contributed by atoms with van der Waals surface area (Å²) in [6.45, 7) is 78.9. The van der Waals surface area contributed by atoms with Crippen LogP contribution in [0.3, 0.4) is 0 Å². The molecule has 0 radical (unpaired) electrons. The molecule has 0 aromatic heterocycles. The van der Waals surface area contributed by atoms with E-state index in [1.165, 1.54) is 90.6 Å². The lowest BCUT2D eigenvalue weighted by Crippen LogP contribution is -2.47. The van der Waals surface area contributed by atoms with Crippen molar-refractivity contribution in [2.24, 2.45) is 33.0 Å². The van der Waals surface area contributed by atoms with Gasteiger partial charge in [0.1, 0.15) is 0 Å². The van der Waals surface area contributed by atoms with Crippen LogP contribution in [0, 0.1) is 33.0 Å². The van der Waals surface area contributed by atoms with Crippen molar-refractivity contribution in [2.75, 3.05) is 165 Å². The quantitative estimate of drug-likeness (QED) is 0.0603. The van der Waals surface area contributed by atoms with E-state index in [1.54, 1.807) is 0 Å². The summed E-state index contributed by atoms with van der Waals surface area (Å²) in [6, 6.07) is 0. The number of carbonyl (C=O) groups excluding carboxylic acids is 5. The number of piperidine rings is 2.